The molecule has 0 radical (unpaired) electrons. The van der Waals surface area contributed by atoms with Crippen LogP contribution in [-0.2, 0) is 28.1 Å². The van der Waals surface area contributed by atoms with Gasteiger partial charge in [-0.25, -0.2) is 9.37 Å². The summed E-state index contributed by atoms with van der Waals surface area (Å²) < 4.78 is 23.3. The Hall–Kier alpha value is -5.39. The van der Waals surface area contributed by atoms with Crippen molar-refractivity contribution in [2.24, 2.45) is 7.05 Å². The van der Waals surface area contributed by atoms with Crippen molar-refractivity contribution in [1.82, 2.24) is 28.9 Å². The molecule has 0 fully saturated rings. The van der Waals surface area contributed by atoms with Gasteiger partial charge in [0.2, 0.25) is 0 Å². The Labute approximate surface area is 303 Å². The standard InChI is InChI=1S/C42H31FN6.Pt/c1-25(2)29-20-30(42-45-26(3)46-47(42)4)22-31(21-29)48-34-16-10-8-14-32(34)39-36(48)24-37-40(41(39)43)33-15-9-11-17-35(33)49(37)38-23-28(18-19-44-38)27-12-6-5-7-13-27;/h5-21,23,25H,1-4H3;/q-2;+2. The van der Waals surface area contributed by atoms with Crippen LogP contribution in [-0.4, -0.2) is 28.9 Å². The molecular weight excluding hydrogens is 803 g/mol. The van der Waals surface area contributed by atoms with E-state index in [1.807, 2.05) is 97.5 Å². The molecule has 0 bridgehead atoms. The number of aryl methyl sites for hydroxylation is 2. The van der Waals surface area contributed by atoms with Gasteiger partial charge in [0.15, 0.2) is 0 Å². The maximum Gasteiger partial charge on any atom is 2.00 e. The second kappa shape index (κ2) is 12.2. The van der Waals surface area contributed by atoms with Gasteiger partial charge in [-0.15, -0.1) is 35.4 Å². The Kier molecular flexibility index (Phi) is 7.76. The molecule has 0 aliphatic rings. The van der Waals surface area contributed by atoms with Gasteiger partial charge < -0.3 is 9.13 Å². The second-order valence-corrected chi connectivity index (χ2v) is 12.8. The number of rotatable bonds is 5. The number of hydrogen-bond donors (Lipinski definition) is 0. The van der Waals surface area contributed by atoms with Gasteiger partial charge in [0, 0.05) is 30.1 Å². The Morgan fingerprint density at radius 3 is 2.02 bits per heavy atom. The minimum Gasteiger partial charge on any atom is -0.352 e. The largest absolute Gasteiger partial charge is 2.00 e. The first kappa shape index (κ1) is 31.9. The summed E-state index contributed by atoms with van der Waals surface area (Å²) >= 11 is 0. The van der Waals surface area contributed by atoms with Crippen LogP contribution in [0.1, 0.15) is 31.2 Å². The number of pyridine rings is 1. The predicted molar refractivity (Wildman–Crippen MR) is 195 cm³/mol. The van der Waals surface area contributed by atoms with Crippen molar-refractivity contribution in [2.75, 3.05) is 0 Å². The summed E-state index contributed by atoms with van der Waals surface area (Å²) in [5, 5.41) is 7.17. The van der Waals surface area contributed by atoms with Gasteiger partial charge in [0.1, 0.15) is 11.6 Å². The molecule has 5 aromatic carbocycles. The molecule has 0 saturated carbocycles. The predicted octanol–water partition coefficient (Wildman–Crippen LogP) is 9.91. The zero-order valence-corrected chi connectivity index (χ0v) is 30.1. The molecule has 9 rings (SSSR count). The Bertz CT molecular complexity index is 2740. The fourth-order valence-corrected chi connectivity index (χ4v) is 7.13. The van der Waals surface area contributed by atoms with Crippen LogP contribution in [0.2, 0.25) is 0 Å². The summed E-state index contributed by atoms with van der Waals surface area (Å²) in [6.45, 7) is 6.22. The molecular formula is C42H31FN6Pt. The average Bonchev–Trinajstić information content (AvgIpc) is 3.76. The molecule has 0 atom stereocenters. The normalized spacial score (nSPS) is 11.7. The van der Waals surface area contributed by atoms with Gasteiger partial charge in [-0.1, -0.05) is 102 Å². The molecule has 8 heteroatoms. The van der Waals surface area contributed by atoms with E-state index in [0.717, 1.165) is 55.6 Å². The molecule has 0 spiro atoms. The zero-order chi connectivity index (χ0) is 33.4. The molecule has 246 valence electrons. The second-order valence-electron chi connectivity index (χ2n) is 12.8. The third-order valence-electron chi connectivity index (χ3n) is 9.40. The van der Waals surface area contributed by atoms with E-state index in [2.05, 4.69) is 66.0 Å². The number of benzene rings is 5. The Balaban J connectivity index is 0.00000361. The third kappa shape index (κ3) is 4.91. The van der Waals surface area contributed by atoms with Gasteiger partial charge in [-0.2, -0.15) is 5.10 Å². The van der Waals surface area contributed by atoms with Gasteiger partial charge in [0.05, 0.1) is 5.82 Å². The van der Waals surface area contributed by atoms with E-state index < -0.39 is 0 Å². The van der Waals surface area contributed by atoms with Crippen molar-refractivity contribution in [3.63, 3.8) is 0 Å². The summed E-state index contributed by atoms with van der Waals surface area (Å²) in [4.78, 5) is 9.53. The molecule has 0 aliphatic carbocycles. The zero-order valence-electron chi connectivity index (χ0n) is 27.8. The van der Waals surface area contributed by atoms with Crippen molar-refractivity contribution < 1.29 is 25.5 Å². The number of para-hydroxylation sites is 2. The fraction of sp³-hybridized carbons (Fsp3) is 0.119. The van der Waals surface area contributed by atoms with Gasteiger partial charge in [-0.3, -0.25) is 9.67 Å². The Morgan fingerprint density at radius 1 is 0.720 bits per heavy atom. The quantitative estimate of drug-likeness (QED) is 0.162. The molecule has 0 amide bonds. The Morgan fingerprint density at radius 2 is 1.36 bits per heavy atom. The number of fused-ring (bicyclic) bond motifs is 6. The summed E-state index contributed by atoms with van der Waals surface area (Å²) in [7, 11) is 1.89. The molecule has 50 heavy (non-hydrogen) atoms. The van der Waals surface area contributed by atoms with E-state index in [1.165, 1.54) is 0 Å². The van der Waals surface area contributed by atoms with Crippen molar-refractivity contribution in [3.8, 4) is 34.0 Å². The molecule has 0 N–H and O–H groups in total. The van der Waals surface area contributed by atoms with Crippen molar-refractivity contribution in [2.45, 2.75) is 26.7 Å². The summed E-state index contributed by atoms with van der Waals surface area (Å²) in [5.74, 6) is 2.06. The molecule has 6 nitrogen and oxygen atoms in total. The SMILES string of the molecule is Cc1nc(-c2[c-]c(-n3c4[c-]c5c(c(F)c4c4ccccc43)c3ccccc3n5-c3cc(-c4ccccc4)ccn3)cc(C(C)C)c2)n(C)n1.[Pt+2]. The van der Waals surface area contributed by atoms with Gasteiger partial charge in [-0.05, 0) is 64.7 Å². The molecule has 4 heterocycles. The number of aromatic nitrogens is 6. The summed E-state index contributed by atoms with van der Waals surface area (Å²) in [5.41, 5.74) is 7.83. The number of nitrogens with zero attached hydrogens (tertiary/aromatic N) is 6. The number of hydrogen-bond acceptors (Lipinski definition) is 3. The van der Waals surface area contributed by atoms with Crippen LogP contribution in [0.25, 0.3) is 77.6 Å². The third-order valence-corrected chi connectivity index (χ3v) is 9.40. The fourth-order valence-electron chi connectivity index (χ4n) is 7.13. The topological polar surface area (TPSA) is 53.5 Å². The molecule has 9 aromatic rings. The first-order chi connectivity index (χ1) is 23.9. The van der Waals surface area contributed by atoms with Crippen LogP contribution >= 0.6 is 0 Å². The van der Waals surface area contributed by atoms with E-state index in [-0.39, 0.29) is 32.8 Å². The molecule has 4 aromatic heterocycles. The first-order valence-corrected chi connectivity index (χ1v) is 16.4. The van der Waals surface area contributed by atoms with E-state index in [9.17, 15) is 0 Å². The maximum absolute atomic E-state index is 17.4. The van der Waals surface area contributed by atoms with E-state index in [1.54, 1.807) is 4.68 Å². The van der Waals surface area contributed by atoms with Crippen LogP contribution in [0.5, 0.6) is 0 Å². The van der Waals surface area contributed by atoms with Crippen LogP contribution in [0.15, 0.2) is 109 Å². The van der Waals surface area contributed by atoms with E-state index in [4.69, 9.17) is 9.97 Å². The van der Waals surface area contributed by atoms with Crippen LogP contribution in [0, 0.1) is 24.9 Å². The smallest absolute Gasteiger partial charge is 0.352 e. The van der Waals surface area contributed by atoms with Gasteiger partial charge in [0.25, 0.3) is 0 Å². The molecule has 0 saturated heterocycles. The van der Waals surface area contributed by atoms with E-state index in [0.29, 0.717) is 33.4 Å². The van der Waals surface area contributed by atoms with Crippen molar-refractivity contribution in [1.29, 1.82) is 0 Å². The molecule has 0 unspecified atom stereocenters. The summed E-state index contributed by atoms with van der Waals surface area (Å²) in [6.07, 6.45) is 1.81. The number of halogens is 1. The molecule has 0 aliphatic heterocycles. The first-order valence-electron chi connectivity index (χ1n) is 16.4. The van der Waals surface area contributed by atoms with Crippen molar-refractivity contribution in [3.05, 3.63) is 139 Å². The average molecular weight is 834 g/mol. The van der Waals surface area contributed by atoms with Crippen LogP contribution in [0.3, 0.4) is 0 Å². The summed E-state index contributed by atoms with van der Waals surface area (Å²) in [6, 6.07) is 41.8. The van der Waals surface area contributed by atoms with Gasteiger partial charge >= 0.3 is 21.1 Å². The van der Waals surface area contributed by atoms with Crippen LogP contribution < -0.4 is 0 Å². The minimum absolute atomic E-state index is 0. The minimum atomic E-state index is -0.281. The van der Waals surface area contributed by atoms with Crippen LogP contribution in [0.4, 0.5) is 4.39 Å². The maximum atomic E-state index is 17.4. The monoisotopic (exact) mass is 833 g/mol. The van der Waals surface area contributed by atoms with E-state index >= 15 is 4.39 Å². The van der Waals surface area contributed by atoms with Crippen molar-refractivity contribution >= 4 is 43.6 Å².